The van der Waals surface area contributed by atoms with E-state index in [0.717, 1.165) is 32.1 Å². The van der Waals surface area contributed by atoms with E-state index in [9.17, 15) is 4.79 Å². The molecule has 0 atom stereocenters. The fourth-order valence-corrected chi connectivity index (χ4v) is 2.70. The van der Waals surface area contributed by atoms with Crippen molar-refractivity contribution in [3.63, 3.8) is 0 Å². The highest BCUT2D eigenvalue weighted by atomic mass is 16.5. The van der Waals surface area contributed by atoms with Crippen LogP contribution in [-0.4, -0.2) is 50.2 Å². The Morgan fingerprint density at radius 3 is 2.42 bits per heavy atom. The second kappa shape index (κ2) is 7.25. The third-order valence-corrected chi connectivity index (χ3v) is 4.02. The number of carbonyl (C=O) groups is 1. The lowest BCUT2D eigenvalue weighted by atomic mass is 9.90. The normalized spacial score (nSPS) is 18.1. The zero-order chi connectivity index (χ0) is 14.5. The minimum absolute atomic E-state index is 0.122. The van der Waals surface area contributed by atoms with E-state index in [4.69, 9.17) is 4.74 Å². The van der Waals surface area contributed by atoms with Crippen molar-refractivity contribution in [1.82, 2.24) is 10.2 Å². The van der Waals surface area contributed by atoms with Gasteiger partial charge in [0.1, 0.15) is 0 Å². The van der Waals surface area contributed by atoms with Gasteiger partial charge in [0.15, 0.2) is 0 Å². The van der Waals surface area contributed by atoms with Gasteiger partial charge in [0.25, 0.3) is 0 Å². The molecule has 0 aromatic rings. The predicted octanol–water partition coefficient (Wildman–Crippen LogP) is 1.90. The molecule has 4 heteroatoms. The van der Waals surface area contributed by atoms with E-state index in [-0.39, 0.29) is 5.97 Å². The average Bonchev–Trinajstić information content (AvgIpc) is 2.37. The number of methoxy groups -OCH3 is 1. The van der Waals surface area contributed by atoms with Crippen LogP contribution in [0.4, 0.5) is 0 Å². The summed E-state index contributed by atoms with van der Waals surface area (Å²) in [4.78, 5) is 14.2. The molecule has 4 nitrogen and oxygen atoms in total. The summed E-state index contributed by atoms with van der Waals surface area (Å²) in [7, 11) is 1.47. The van der Waals surface area contributed by atoms with E-state index >= 15 is 0 Å². The molecule has 0 aromatic carbocycles. The Morgan fingerprint density at radius 2 is 1.95 bits per heavy atom. The van der Waals surface area contributed by atoms with Crippen LogP contribution in [0.25, 0.3) is 0 Å². The lowest BCUT2D eigenvalue weighted by Gasteiger charge is -2.37. The molecule has 1 rings (SSSR count). The second-order valence-electron chi connectivity index (χ2n) is 6.59. The first-order valence-corrected chi connectivity index (χ1v) is 7.40. The number of esters is 1. The number of carbonyl (C=O) groups excluding carboxylic acids is 1. The fraction of sp³-hybridized carbons (Fsp3) is 0.933. The quantitative estimate of drug-likeness (QED) is 0.749. The van der Waals surface area contributed by atoms with Gasteiger partial charge in [-0.25, -0.2) is 0 Å². The van der Waals surface area contributed by atoms with Crippen molar-refractivity contribution in [2.24, 2.45) is 11.3 Å². The summed E-state index contributed by atoms with van der Waals surface area (Å²) in [6.45, 7) is 12.4. The Labute approximate surface area is 117 Å². The number of piperidine rings is 1. The van der Waals surface area contributed by atoms with Gasteiger partial charge in [-0.2, -0.15) is 0 Å². The first-order chi connectivity index (χ1) is 8.86. The molecule has 0 bridgehead atoms. The van der Waals surface area contributed by atoms with Crippen LogP contribution in [0.15, 0.2) is 0 Å². The van der Waals surface area contributed by atoms with Gasteiger partial charge in [0.05, 0.1) is 12.5 Å². The summed E-state index contributed by atoms with van der Waals surface area (Å²) in [5.41, 5.74) is -0.439. The zero-order valence-electron chi connectivity index (χ0n) is 13.2. The Bertz CT molecular complexity index is 284. The number of hydrogen-bond acceptors (Lipinski definition) is 4. The van der Waals surface area contributed by atoms with Gasteiger partial charge in [-0.3, -0.25) is 9.69 Å². The predicted molar refractivity (Wildman–Crippen MR) is 78.1 cm³/mol. The van der Waals surface area contributed by atoms with E-state index < -0.39 is 5.41 Å². The van der Waals surface area contributed by atoms with E-state index in [1.54, 1.807) is 0 Å². The monoisotopic (exact) mass is 270 g/mol. The van der Waals surface area contributed by atoms with E-state index in [2.05, 4.69) is 24.1 Å². The van der Waals surface area contributed by atoms with E-state index in [1.807, 2.05) is 13.8 Å². The van der Waals surface area contributed by atoms with Crippen molar-refractivity contribution in [1.29, 1.82) is 0 Å². The molecular weight excluding hydrogens is 240 g/mol. The first-order valence-electron chi connectivity index (χ1n) is 7.40. The third kappa shape index (κ3) is 5.11. The summed E-state index contributed by atoms with van der Waals surface area (Å²) in [6, 6.07) is 0.457. The molecule has 0 unspecified atom stereocenters. The molecule has 0 amide bonds. The van der Waals surface area contributed by atoms with Crippen LogP contribution >= 0.6 is 0 Å². The highest BCUT2D eigenvalue weighted by molar-refractivity contribution is 5.76. The van der Waals surface area contributed by atoms with Gasteiger partial charge in [-0.1, -0.05) is 0 Å². The van der Waals surface area contributed by atoms with Crippen molar-refractivity contribution in [2.75, 3.05) is 33.3 Å². The molecule has 112 valence electrons. The molecule has 0 spiro atoms. The van der Waals surface area contributed by atoms with Crippen molar-refractivity contribution in [3.8, 4) is 0 Å². The lowest BCUT2D eigenvalue weighted by molar-refractivity contribution is -0.152. The molecule has 1 fully saturated rings. The van der Waals surface area contributed by atoms with Gasteiger partial charge >= 0.3 is 5.97 Å². The summed E-state index contributed by atoms with van der Waals surface area (Å²) >= 11 is 0. The minimum Gasteiger partial charge on any atom is -0.469 e. The van der Waals surface area contributed by atoms with E-state index in [1.165, 1.54) is 20.0 Å². The summed E-state index contributed by atoms with van der Waals surface area (Å²) in [5, 5.41) is 3.40. The highest BCUT2D eigenvalue weighted by Gasteiger charge is 2.32. The third-order valence-electron chi connectivity index (χ3n) is 4.02. The largest absolute Gasteiger partial charge is 0.469 e. The topological polar surface area (TPSA) is 41.6 Å². The van der Waals surface area contributed by atoms with Crippen LogP contribution in [0.3, 0.4) is 0 Å². The van der Waals surface area contributed by atoms with Crippen LogP contribution in [0.5, 0.6) is 0 Å². The molecule has 19 heavy (non-hydrogen) atoms. The molecule has 0 aromatic heterocycles. The van der Waals surface area contributed by atoms with Crippen molar-refractivity contribution >= 4 is 5.97 Å². The molecule has 1 aliphatic rings. The van der Waals surface area contributed by atoms with Crippen LogP contribution < -0.4 is 5.32 Å². The van der Waals surface area contributed by atoms with Crippen LogP contribution in [0.1, 0.15) is 40.5 Å². The Kier molecular flexibility index (Phi) is 6.27. The van der Waals surface area contributed by atoms with Crippen molar-refractivity contribution in [2.45, 2.75) is 46.6 Å². The maximum Gasteiger partial charge on any atom is 0.312 e. The number of hydrogen-bond donors (Lipinski definition) is 1. The zero-order valence-corrected chi connectivity index (χ0v) is 13.2. The molecule has 1 N–H and O–H groups in total. The Hall–Kier alpha value is -0.610. The lowest BCUT2D eigenvalue weighted by Crippen LogP contribution is -2.46. The smallest absolute Gasteiger partial charge is 0.312 e. The molecular formula is C15H30N2O2. The Morgan fingerprint density at radius 1 is 1.37 bits per heavy atom. The molecule has 1 saturated heterocycles. The van der Waals surface area contributed by atoms with Crippen molar-refractivity contribution in [3.05, 3.63) is 0 Å². The number of nitrogens with zero attached hydrogens (tertiary/aromatic N) is 1. The van der Waals surface area contributed by atoms with Gasteiger partial charge in [0, 0.05) is 19.1 Å². The number of nitrogens with one attached hydrogen (secondary N) is 1. The second-order valence-corrected chi connectivity index (χ2v) is 6.59. The van der Waals surface area contributed by atoms with Gasteiger partial charge in [-0.05, 0) is 59.5 Å². The molecule has 1 aliphatic heterocycles. The SMILES string of the molecule is COC(=O)C(C)(C)CN(CC1CCNCC1)C(C)C. The van der Waals surface area contributed by atoms with Gasteiger partial charge in [-0.15, -0.1) is 0 Å². The maximum atomic E-state index is 11.8. The molecule has 1 heterocycles. The molecule has 0 aliphatic carbocycles. The summed E-state index contributed by atoms with van der Waals surface area (Å²) < 4.78 is 4.91. The standard InChI is InChI=1S/C15H30N2O2/c1-12(2)17(10-13-6-8-16-9-7-13)11-15(3,4)14(18)19-5/h12-13,16H,6-11H2,1-5H3. The maximum absolute atomic E-state index is 11.8. The number of ether oxygens (including phenoxy) is 1. The summed E-state index contributed by atoms with van der Waals surface area (Å²) in [6.07, 6.45) is 2.48. The highest BCUT2D eigenvalue weighted by Crippen LogP contribution is 2.23. The van der Waals surface area contributed by atoms with Crippen LogP contribution in [0.2, 0.25) is 0 Å². The molecule has 0 saturated carbocycles. The van der Waals surface area contributed by atoms with Gasteiger partial charge in [0.2, 0.25) is 0 Å². The molecule has 0 radical (unpaired) electrons. The van der Waals surface area contributed by atoms with E-state index in [0.29, 0.717) is 6.04 Å². The Balaban J connectivity index is 2.59. The number of rotatable bonds is 6. The van der Waals surface area contributed by atoms with Gasteiger partial charge < -0.3 is 10.1 Å². The minimum atomic E-state index is -0.439. The van der Waals surface area contributed by atoms with Crippen LogP contribution in [0, 0.1) is 11.3 Å². The van der Waals surface area contributed by atoms with Crippen LogP contribution in [-0.2, 0) is 9.53 Å². The van der Waals surface area contributed by atoms with Crippen molar-refractivity contribution < 1.29 is 9.53 Å². The summed E-state index contributed by atoms with van der Waals surface area (Å²) in [5.74, 6) is 0.626. The first kappa shape index (κ1) is 16.4. The fourth-order valence-electron chi connectivity index (χ4n) is 2.70. The average molecular weight is 270 g/mol.